The van der Waals surface area contributed by atoms with Gasteiger partial charge in [0.15, 0.2) is 0 Å². The Hall–Kier alpha value is -0.550. The molecule has 1 saturated heterocycles. The first kappa shape index (κ1) is 11.9. The zero-order valence-electron chi connectivity index (χ0n) is 8.67. The summed E-state index contributed by atoms with van der Waals surface area (Å²) in [5.74, 6) is 0. The maximum absolute atomic E-state index is 11.9. The van der Waals surface area contributed by atoms with Gasteiger partial charge in [-0.15, -0.1) is 0 Å². The summed E-state index contributed by atoms with van der Waals surface area (Å²) in [4.78, 5) is 13.7. The summed E-state index contributed by atoms with van der Waals surface area (Å²) in [7, 11) is 0. The predicted molar refractivity (Wildman–Crippen MR) is 71.7 cm³/mol. The van der Waals surface area contributed by atoms with Gasteiger partial charge < -0.3 is 10.2 Å². The average Bonchev–Trinajstić information content (AvgIpc) is 2.76. The molecule has 86 valence electrons. The first-order valence-electron chi connectivity index (χ1n) is 5.18. The zero-order valence-corrected chi connectivity index (χ0v) is 11.8. The van der Waals surface area contributed by atoms with Crippen LogP contribution in [0.2, 0.25) is 0 Å². The Labute approximate surface area is 111 Å². The number of carbonyl (C=O) groups is 1. The van der Waals surface area contributed by atoms with Gasteiger partial charge in [-0.25, -0.2) is 4.79 Å². The number of nitrogens with zero attached hydrogens (tertiary/aromatic N) is 1. The number of para-hydroxylation sites is 1. The molecule has 1 N–H and O–H groups in total. The maximum atomic E-state index is 11.9. The van der Waals surface area contributed by atoms with Crippen molar-refractivity contribution in [2.45, 2.75) is 12.8 Å². The van der Waals surface area contributed by atoms with Crippen LogP contribution in [0.5, 0.6) is 0 Å². The van der Waals surface area contributed by atoms with Gasteiger partial charge in [-0.1, -0.05) is 6.07 Å². The molecule has 0 bridgehead atoms. The Morgan fingerprint density at radius 1 is 1.19 bits per heavy atom. The fourth-order valence-corrected chi connectivity index (χ4v) is 2.92. The molecular weight excluding hydrogens is 336 g/mol. The number of benzene rings is 1. The molecule has 2 rings (SSSR count). The van der Waals surface area contributed by atoms with Crippen molar-refractivity contribution in [3.05, 3.63) is 27.1 Å². The van der Waals surface area contributed by atoms with Gasteiger partial charge in [0, 0.05) is 22.0 Å². The van der Waals surface area contributed by atoms with E-state index in [9.17, 15) is 4.79 Å². The molecule has 0 radical (unpaired) electrons. The second-order valence-corrected chi connectivity index (χ2v) is 5.43. The molecule has 16 heavy (non-hydrogen) atoms. The SMILES string of the molecule is O=C(Nc1c(Br)cccc1Br)N1CCCC1. The number of hydrogen-bond donors (Lipinski definition) is 1. The molecule has 1 heterocycles. The monoisotopic (exact) mass is 346 g/mol. The van der Waals surface area contributed by atoms with Crippen molar-refractivity contribution in [2.24, 2.45) is 0 Å². The summed E-state index contributed by atoms with van der Waals surface area (Å²) < 4.78 is 1.77. The number of urea groups is 1. The van der Waals surface area contributed by atoms with Crippen molar-refractivity contribution in [2.75, 3.05) is 18.4 Å². The van der Waals surface area contributed by atoms with Gasteiger partial charge in [0.2, 0.25) is 0 Å². The molecule has 0 saturated carbocycles. The molecule has 5 heteroatoms. The third-order valence-electron chi connectivity index (χ3n) is 2.59. The number of likely N-dealkylation sites (tertiary alicyclic amines) is 1. The summed E-state index contributed by atoms with van der Waals surface area (Å²) in [6.45, 7) is 1.71. The molecule has 1 aliphatic heterocycles. The first-order valence-corrected chi connectivity index (χ1v) is 6.77. The summed E-state index contributed by atoms with van der Waals surface area (Å²) >= 11 is 6.84. The topological polar surface area (TPSA) is 32.3 Å². The maximum Gasteiger partial charge on any atom is 0.321 e. The van der Waals surface area contributed by atoms with Crippen molar-refractivity contribution in [3.63, 3.8) is 0 Å². The van der Waals surface area contributed by atoms with Crippen LogP contribution in [0, 0.1) is 0 Å². The van der Waals surface area contributed by atoms with E-state index in [1.54, 1.807) is 0 Å². The van der Waals surface area contributed by atoms with Gasteiger partial charge in [-0.05, 0) is 56.8 Å². The second kappa shape index (κ2) is 5.19. The lowest BCUT2D eigenvalue weighted by molar-refractivity contribution is 0.222. The van der Waals surface area contributed by atoms with Gasteiger partial charge >= 0.3 is 6.03 Å². The van der Waals surface area contributed by atoms with Crippen LogP contribution in [-0.4, -0.2) is 24.0 Å². The molecule has 3 nitrogen and oxygen atoms in total. The van der Waals surface area contributed by atoms with Crippen LogP contribution in [0.1, 0.15) is 12.8 Å². The van der Waals surface area contributed by atoms with Gasteiger partial charge in [0.1, 0.15) is 0 Å². The lowest BCUT2D eigenvalue weighted by Crippen LogP contribution is -2.32. The molecule has 1 fully saturated rings. The van der Waals surface area contributed by atoms with Crippen molar-refractivity contribution in [1.29, 1.82) is 0 Å². The van der Waals surface area contributed by atoms with Gasteiger partial charge in [0.05, 0.1) is 5.69 Å². The normalized spacial score (nSPS) is 15.2. The van der Waals surface area contributed by atoms with E-state index in [0.717, 1.165) is 40.6 Å². The Kier molecular flexibility index (Phi) is 3.86. The third kappa shape index (κ3) is 2.58. The second-order valence-electron chi connectivity index (χ2n) is 3.72. The van der Waals surface area contributed by atoms with Crippen molar-refractivity contribution in [3.8, 4) is 0 Å². The number of hydrogen-bond acceptors (Lipinski definition) is 1. The number of carbonyl (C=O) groups excluding carboxylic acids is 1. The molecule has 0 unspecified atom stereocenters. The van der Waals surface area contributed by atoms with Crippen LogP contribution in [-0.2, 0) is 0 Å². The number of nitrogens with one attached hydrogen (secondary N) is 1. The van der Waals surface area contributed by atoms with E-state index in [1.165, 1.54) is 0 Å². The molecular formula is C11H12Br2N2O. The minimum Gasteiger partial charge on any atom is -0.325 e. The highest BCUT2D eigenvalue weighted by molar-refractivity contribution is 9.11. The lowest BCUT2D eigenvalue weighted by Gasteiger charge is -2.17. The van der Waals surface area contributed by atoms with E-state index in [4.69, 9.17) is 0 Å². The van der Waals surface area contributed by atoms with Crippen LogP contribution in [0.3, 0.4) is 0 Å². The summed E-state index contributed by atoms with van der Waals surface area (Å²) in [6, 6.07) is 5.71. The fraction of sp³-hybridized carbons (Fsp3) is 0.364. The van der Waals surface area contributed by atoms with E-state index in [1.807, 2.05) is 23.1 Å². The quantitative estimate of drug-likeness (QED) is 0.822. The van der Waals surface area contributed by atoms with Crippen molar-refractivity contribution in [1.82, 2.24) is 4.90 Å². The minimum atomic E-state index is -0.0231. The van der Waals surface area contributed by atoms with Crippen LogP contribution >= 0.6 is 31.9 Å². The van der Waals surface area contributed by atoms with E-state index in [2.05, 4.69) is 37.2 Å². The number of amides is 2. The van der Waals surface area contributed by atoms with Crippen LogP contribution in [0.15, 0.2) is 27.1 Å². The lowest BCUT2D eigenvalue weighted by atomic mass is 10.3. The summed E-state index contributed by atoms with van der Waals surface area (Å²) in [5.41, 5.74) is 0.791. The zero-order chi connectivity index (χ0) is 11.5. The number of rotatable bonds is 1. The van der Waals surface area contributed by atoms with Crippen LogP contribution in [0.4, 0.5) is 10.5 Å². The highest BCUT2D eigenvalue weighted by Gasteiger charge is 2.19. The molecule has 1 aromatic rings. The average molecular weight is 348 g/mol. The number of halogens is 2. The third-order valence-corrected chi connectivity index (χ3v) is 3.91. The van der Waals surface area contributed by atoms with E-state index in [-0.39, 0.29) is 6.03 Å². The van der Waals surface area contributed by atoms with E-state index >= 15 is 0 Å². The first-order chi connectivity index (χ1) is 7.68. The minimum absolute atomic E-state index is 0.0231. The van der Waals surface area contributed by atoms with Gasteiger partial charge in [-0.2, -0.15) is 0 Å². The highest BCUT2D eigenvalue weighted by Crippen LogP contribution is 2.30. The molecule has 0 aliphatic carbocycles. The molecule has 1 aliphatic rings. The highest BCUT2D eigenvalue weighted by atomic mass is 79.9. The number of anilines is 1. The molecule has 0 aromatic heterocycles. The van der Waals surface area contributed by atoms with E-state index < -0.39 is 0 Å². The van der Waals surface area contributed by atoms with Crippen molar-refractivity contribution < 1.29 is 4.79 Å². The Balaban J connectivity index is 2.11. The molecule has 1 aromatic carbocycles. The van der Waals surface area contributed by atoms with Gasteiger partial charge in [0.25, 0.3) is 0 Å². The van der Waals surface area contributed by atoms with Crippen LogP contribution in [0.25, 0.3) is 0 Å². The summed E-state index contributed by atoms with van der Waals surface area (Å²) in [6.07, 6.45) is 2.20. The smallest absolute Gasteiger partial charge is 0.321 e. The Morgan fingerprint density at radius 3 is 2.31 bits per heavy atom. The molecule has 2 amide bonds. The Morgan fingerprint density at radius 2 is 1.75 bits per heavy atom. The molecule has 0 spiro atoms. The molecule has 0 atom stereocenters. The standard InChI is InChI=1S/C11H12Br2N2O/c12-8-4-3-5-9(13)10(8)14-11(16)15-6-1-2-7-15/h3-5H,1-2,6-7H2,(H,14,16). The van der Waals surface area contributed by atoms with Crippen LogP contribution < -0.4 is 5.32 Å². The summed E-state index contributed by atoms with van der Waals surface area (Å²) in [5, 5.41) is 2.91. The van der Waals surface area contributed by atoms with Crippen molar-refractivity contribution >= 4 is 43.6 Å². The largest absolute Gasteiger partial charge is 0.325 e. The van der Waals surface area contributed by atoms with E-state index in [0.29, 0.717) is 0 Å². The Bertz CT molecular complexity index is 383. The van der Waals surface area contributed by atoms with Gasteiger partial charge in [-0.3, -0.25) is 0 Å². The predicted octanol–water partition coefficient (Wildman–Crippen LogP) is 3.84. The fourth-order valence-electron chi connectivity index (χ4n) is 1.72.